The molecule has 0 radical (unpaired) electrons. The van der Waals surface area contributed by atoms with E-state index in [0.29, 0.717) is 16.4 Å². The van der Waals surface area contributed by atoms with Crippen molar-refractivity contribution < 1.29 is 0 Å². The van der Waals surface area contributed by atoms with Gasteiger partial charge in [-0.05, 0) is 24.3 Å². The maximum Gasteiger partial charge on any atom is 0.162 e. The van der Waals surface area contributed by atoms with Gasteiger partial charge in [-0.25, -0.2) is 9.97 Å². The maximum absolute atomic E-state index is 6.01. The SMILES string of the molecule is Clc1cccc(Nc2ncnc3c2nnc2ccccc23)c1. The summed E-state index contributed by atoms with van der Waals surface area (Å²) in [5, 5.41) is 13.3. The number of halogens is 1. The second-order valence-corrected chi connectivity index (χ2v) is 5.21. The van der Waals surface area contributed by atoms with E-state index in [-0.39, 0.29) is 0 Å². The van der Waals surface area contributed by atoms with Crippen LogP contribution in [0.4, 0.5) is 11.5 Å². The molecule has 106 valence electrons. The van der Waals surface area contributed by atoms with Crippen LogP contribution in [0.3, 0.4) is 0 Å². The molecule has 22 heavy (non-hydrogen) atoms. The summed E-state index contributed by atoms with van der Waals surface area (Å²) >= 11 is 6.01. The zero-order chi connectivity index (χ0) is 14.9. The Labute approximate surface area is 131 Å². The van der Waals surface area contributed by atoms with Crippen LogP contribution in [0, 0.1) is 0 Å². The average molecular weight is 308 g/mol. The molecular formula is C16H10ClN5. The van der Waals surface area contributed by atoms with E-state index in [1.807, 2.05) is 48.5 Å². The monoisotopic (exact) mass is 307 g/mol. The van der Waals surface area contributed by atoms with Gasteiger partial charge in [-0.3, -0.25) is 0 Å². The average Bonchev–Trinajstić information content (AvgIpc) is 2.55. The van der Waals surface area contributed by atoms with Gasteiger partial charge in [0.05, 0.1) is 5.52 Å². The number of benzene rings is 2. The molecule has 0 saturated carbocycles. The molecule has 6 heteroatoms. The second kappa shape index (κ2) is 5.20. The van der Waals surface area contributed by atoms with Crippen LogP contribution in [0.15, 0.2) is 54.9 Å². The zero-order valence-corrected chi connectivity index (χ0v) is 12.1. The number of aromatic nitrogens is 4. The summed E-state index contributed by atoms with van der Waals surface area (Å²) in [6, 6.07) is 15.2. The lowest BCUT2D eigenvalue weighted by Crippen LogP contribution is -1.99. The van der Waals surface area contributed by atoms with Crippen LogP contribution >= 0.6 is 11.6 Å². The van der Waals surface area contributed by atoms with Crippen molar-refractivity contribution in [2.45, 2.75) is 0 Å². The fraction of sp³-hybridized carbons (Fsp3) is 0. The van der Waals surface area contributed by atoms with E-state index in [9.17, 15) is 0 Å². The van der Waals surface area contributed by atoms with Gasteiger partial charge in [-0.2, -0.15) is 0 Å². The highest BCUT2D eigenvalue weighted by molar-refractivity contribution is 6.30. The Morgan fingerprint density at radius 3 is 2.68 bits per heavy atom. The topological polar surface area (TPSA) is 63.6 Å². The molecule has 0 aliphatic heterocycles. The molecule has 0 amide bonds. The highest BCUT2D eigenvalue weighted by Gasteiger charge is 2.10. The minimum Gasteiger partial charge on any atom is -0.338 e. The van der Waals surface area contributed by atoms with E-state index in [1.165, 1.54) is 6.33 Å². The van der Waals surface area contributed by atoms with Crippen molar-refractivity contribution in [1.82, 2.24) is 20.2 Å². The van der Waals surface area contributed by atoms with Gasteiger partial charge in [0.1, 0.15) is 11.8 Å². The van der Waals surface area contributed by atoms with Crippen molar-refractivity contribution in [2.75, 3.05) is 5.32 Å². The molecule has 0 fully saturated rings. The molecule has 2 heterocycles. The molecule has 0 spiro atoms. The van der Waals surface area contributed by atoms with Crippen LogP contribution in [0.5, 0.6) is 0 Å². The van der Waals surface area contributed by atoms with E-state index in [2.05, 4.69) is 25.5 Å². The summed E-state index contributed by atoms with van der Waals surface area (Å²) in [7, 11) is 0. The molecule has 2 aromatic heterocycles. The van der Waals surface area contributed by atoms with Crippen molar-refractivity contribution in [3.05, 3.63) is 59.9 Å². The van der Waals surface area contributed by atoms with Crippen molar-refractivity contribution in [3.63, 3.8) is 0 Å². The summed E-state index contributed by atoms with van der Waals surface area (Å²) in [5.74, 6) is 0.602. The molecule has 0 unspecified atom stereocenters. The highest BCUT2D eigenvalue weighted by atomic mass is 35.5. The van der Waals surface area contributed by atoms with E-state index >= 15 is 0 Å². The first-order valence-electron chi connectivity index (χ1n) is 6.70. The van der Waals surface area contributed by atoms with E-state index in [0.717, 1.165) is 22.1 Å². The second-order valence-electron chi connectivity index (χ2n) is 4.77. The van der Waals surface area contributed by atoms with Crippen LogP contribution in [0.2, 0.25) is 5.02 Å². The smallest absolute Gasteiger partial charge is 0.162 e. The van der Waals surface area contributed by atoms with Crippen molar-refractivity contribution in [2.24, 2.45) is 0 Å². The summed E-state index contributed by atoms with van der Waals surface area (Å²) in [6.45, 7) is 0. The molecule has 2 aromatic carbocycles. The maximum atomic E-state index is 6.01. The third-order valence-electron chi connectivity index (χ3n) is 3.33. The van der Waals surface area contributed by atoms with Gasteiger partial charge in [-0.15, -0.1) is 10.2 Å². The lowest BCUT2D eigenvalue weighted by Gasteiger charge is -2.08. The third-order valence-corrected chi connectivity index (χ3v) is 3.56. The number of fused-ring (bicyclic) bond motifs is 3. The van der Waals surface area contributed by atoms with Crippen LogP contribution in [-0.2, 0) is 0 Å². The minimum absolute atomic E-state index is 0.602. The van der Waals surface area contributed by atoms with Gasteiger partial charge in [0.25, 0.3) is 0 Å². The zero-order valence-electron chi connectivity index (χ0n) is 11.4. The van der Waals surface area contributed by atoms with Gasteiger partial charge in [0.2, 0.25) is 0 Å². The van der Waals surface area contributed by atoms with Gasteiger partial charge in [0, 0.05) is 16.1 Å². The fourth-order valence-corrected chi connectivity index (χ4v) is 2.52. The fourth-order valence-electron chi connectivity index (χ4n) is 2.33. The molecule has 0 atom stereocenters. The predicted molar refractivity (Wildman–Crippen MR) is 87.4 cm³/mol. The lowest BCUT2D eigenvalue weighted by atomic mass is 10.2. The molecule has 0 bridgehead atoms. The number of hydrogen-bond acceptors (Lipinski definition) is 5. The molecule has 0 aliphatic rings. The first kappa shape index (κ1) is 12.9. The van der Waals surface area contributed by atoms with Crippen LogP contribution in [-0.4, -0.2) is 20.2 Å². The van der Waals surface area contributed by atoms with Crippen LogP contribution in [0.1, 0.15) is 0 Å². The normalized spacial score (nSPS) is 11.0. The highest BCUT2D eigenvalue weighted by Crippen LogP contribution is 2.26. The first-order valence-corrected chi connectivity index (χ1v) is 7.08. The number of hydrogen-bond donors (Lipinski definition) is 1. The number of nitrogens with one attached hydrogen (secondary N) is 1. The predicted octanol–water partition coefficient (Wildman–Crippen LogP) is 3.97. The molecule has 0 aliphatic carbocycles. The number of nitrogens with zero attached hydrogens (tertiary/aromatic N) is 4. The summed E-state index contributed by atoms with van der Waals surface area (Å²) in [4.78, 5) is 8.62. The molecule has 1 N–H and O–H groups in total. The summed E-state index contributed by atoms with van der Waals surface area (Å²) in [5.41, 5.74) is 3.04. The van der Waals surface area contributed by atoms with Gasteiger partial charge in [0.15, 0.2) is 11.3 Å². The lowest BCUT2D eigenvalue weighted by molar-refractivity contribution is 1.10. The molecule has 4 aromatic rings. The van der Waals surface area contributed by atoms with Crippen molar-refractivity contribution >= 4 is 45.0 Å². The third kappa shape index (κ3) is 2.21. The number of anilines is 2. The molecule has 4 rings (SSSR count). The quantitative estimate of drug-likeness (QED) is 0.568. The Morgan fingerprint density at radius 2 is 1.77 bits per heavy atom. The summed E-state index contributed by atoms with van der Waals surface area (Å²) < 4.78 is 0. The van der Waals surface area contributed by atoms with E-state index < -0.39 is 0 Å². The Kier molecular flexibility index (Phi) is 3.05. The molecule has 0 saturated heterocycles. The van der Waals surface area contributed by atoms with Crippen molar-refractivity contribution in [3.8, 4) is 0 Å². The Morgan fingerprint density at radius 1 is 0.864 bits per heavy atom. The van der Waals surface area contributed by atoms with Gasteiger partial charge < -0.3 is 5.32 Å². The Hall–Kier alpha value is -2.79. The van der Waals surface area contributed by atoms with Crippen molar-refractivity contribution in [1.29, 1.82) is 0 Å². The van der Waals surface area contributed by atoms with Crippen LogP contribution in [0.25, 0.3) is 21.9 Å². The largest absolute Gasteiger partial charge is 0.338 e. The molecule has 5 nitrogen and oxygen atoms in total. The molecular weight excluding hydrogens is 298 g/mol. The number of rotatable bonds is 2. The van der Waals surface area contributed by atoms with Gasteiger partial charge >= 0.3 is 0 Å². The Bertz CT molecular complexity index is 986. The van der Waals surface area contributed by atoms with E-state index in [1.54, 1.807) is 0 Å². The summed E-state index contributed by atoms with van der Waals surface area (Å²) in [6.07, 6.45) is 1.52. The minimum atomic E-state index is 0.602. The van der Waals surface area contributed by atoms with Crippen LogP contribution < -0.4 is 5.32 Å². The standard InChI is InChI=1S/C16H10ClN5/c17-10-4-3-5-11(8-10)20-16-15-14(18-9-19-16)12-6-1-2-7-13(12)21-22-15/h1-9H,(H,18,19,20). The van der Waals surface area contributed by atoms with E-state index in [4.69, 9.17) is 11.6 Å². The Balaban J connectivity index is 1.90. The first-order chi connectivity index (χ1) is 10.8. The van der Waals surface area contributed by atoms with Gasteiger partial charge in [-0.1, -0.05) is 35.9 Å².